The fraction of sp³-hybridized carbons (Fsp3) is 0.429. The number of allylic oxidation sites excluding steroid dienone is 1. The summed E-state index contributed by atoms with van der Waals surface area (Å²) in [5.74, 6) is -0.601. The number of rotatable bonds is 6. The summed E-state index contributed by atoms with van der Waals surface area (Å²) in [6.07, 6.45) is 6.09. The molecule has 2 heteroatoms. The van der Waals surface area contributed by atoms with E-state index in [9.17, 15) is 0 Å². The molecule has 0 aliphatic heterocycles. The van der Waals surface area contributed by atoms with Crippen molar-refractivity contribution in [3.63, 3.8) is 0 Å². The second-order valence-electron chi connectivity index (χ2n) is 3.85. The van der Waals surface area contributed by atoms with Gasteiger partial charge in [-0.05, 0) is 31.4 Å². The minimum Gasteiger partial charge on any atom is -0.350 e. The number of benzene rings is 1. The average Bonchev–Trinajstić information content (AvgIpc) is 2.36. The van der Waals surface area contributed by atoms with Crippen molar-refractivity contribution in [3.8, 4) is 0 Å². The van der Waals surface area contributed by atoms with Crippen LogP contribution in [-0.4, -0.2) is 20.0 Å². The van der Waals surface area contributed by atoms with Crippen molar-refractivity contribution in [2.75, 3.05) is 14.2 Å². The Morgan fingerprint density at radius 2 is 1.75 bits per heavy atom. The van der Waals surface area contributed by atoms with Crippen LogP contribution in [0.25, 0.3) is 0 Å². The zero-order valence-electron chi connectivity index (χ0n) is 10.3. The summed E-state index contributed by atoms with van der Waals surface area (Å²) < 4.78 is 10.5. The third-order valence-electron chi connectivity index (χ3n) is 2.67. The molecule has 0 bridgehead atoms. The third kappa shape index (κ3) is 4.17. The Hall–Kier alpha value is -1.12. The monoisotopic (exact) mass is 220 g/mol. The molecule has 16 heavy (non-hydrogen) atoms. The molecule has 88 valence electrons. The van der Waals surface area contributed by atoms with Gasteiger partial charge in [-0.3, -0.25) is 0 Å². The predicted octanol–water partition coefficient (Wildman–Crippen LogP) is 3.18. The van der Waals surface area contributed by atoms with Crippen molar-refractivity contribution < 1.29 is 9.47 Å². The van der Waals surface area contributed by atoms with E-state index < -0.39 is 5.79 Å². The molecular weight excluding hydrogens is 200 g/mol. The van der Waals surface area contributed by atoms with Gasteiger partial charge in [0.25, 0.3) is 0 Å². The van der Waals surface area contributed by atoms with Crippen LogP contribution >= 0.6 is 0 Å². The van der Waals surface area contributed by atoms with E-state index in [1.807, 2.05) is 19.1 Å². The molecule has 0 aromatic heterocycles. The molecular formula is C14H20O2. The lowest BCUT2D eigenvalue weighted by Crippen LogP contribution is -2.26. The first-order valence-corrected chi connectivity index (χ1v) is 5.52. The van der Waals surface area contributed by atoms with Gasteiger partial charge in [0, 0.05) is 14.2 Å². The standard InChI is InChI=1S/C14H20O2/c1-14(15-2,16-3)12-8-7-11-13-9-5-4-6-10-13/h4-6,8-10,12H,7,11H2,1-3H3/b12-8+. The van der Waals surface area contributed by atoms with Gasteiger partial charge in [0.05, 0.1) is 0 Å². The molecule has 0 atom stereocenters. The van der Waals surface area contributed by atoms with E-state index >= 15 is 0 Å². The van der Waals surface area contributed by atoms with Crippen molar-refractivity contribution in [3.05, 3.63) is 48.0 Å². The van der Waals surface area contributed by atoms with Gasteiger partial charge in [0.15, 0.2) is 5.79 Å². The van der Waals surface area contributed by atoms with Crippen LogP contribution in [0.3, 0.4) is 0 Å². The van der Waals surface area contributed by atoms with Crippen LogP contribution in [0.2, 0.25) is 0 Å². The molecule has 0 aliphatic rings. The van der Waals surface area contributed by atoms with Crippen molar-refractivity contribution in [1.29, 1.82) is 0 Å². The number of hydrogen-bond donors (Lipinski definition) is 0. The fourth-order valence-electron chi connectivity index (χ4n) is 1.41. The van der Waals surface area contributed by atoms with E-state index in [-0.39, 0.29) is 0 Å². The molecule has 0 fully saturated rings. The van der Waals surface area contributed by atoms with Gasteiger partial charge >= 0.3 is 0 Å². The fourth-order valence-corrected chi connectivity index (χ4v) is 1.41. The lowest BCUT2D eigenvalue weighted by atomic mass is 10.1. The molecule has 0 N–H and O–H groups in total. The molecule has 0 unspecified atom stereocenters. The third-order valence-corrected chi connectivity index (χ3v) is 2.67. The van der Waals surface area contributed by atoms with Gasteiger partial charge in [-0.1, -0.05) is 36.4 Å². The van der Waals surface area contributed by atoms with Gasteiger partial charge in [-0.15, -0.1) is 0 Å². The van der Waals surface area contributed by atoms with Gasteiger partial charge < -0.3 is 9.47 Å². The lowest BCUT2D eigenvalue weighted by molar-refractivity contribution is -0.156. The van der Waals surface area contributed by atoms with E-state index in [4.69, 9.17) is 9.47 Å². The van der Waals surface area contributed by atoms with Crippen LogP contribution in [0.4, 0.5) is 0 Å². The Bertz CT molecular complexity index is 313. The maximum atomic E-state index is 5.23. The normalized spacial score (nSPS) is 12.2. The zero-order chi connectivity index (χ0) is 11.9. The molecule has 0 saturated carbocycles. The van der Waals surface area contributed by atoms with Gasteiger partial charge in [-0.25, -0.2) is 0 Å². The van der Waals surface area contributed by atoms with Crippen LogP contribution < -0.4 is 0 Å². The number of hydrogen-bond acceptors (Lipinski definition) is 2. The summed E-state index contributed by atoms with van der Waals surface area (Å²) in [7, 11) is 3.29. The maximum absolute atomic E-state index is 5.23. The molecule has 2 nitrogen and oxygen atoms in total. The minimum absolute atomic E-state index is 0.601. The molecule has 0 radical (unpaired) electrons. The highest BCUT2D eigenvalue weighted by Crippen LogP contribution is 2.12. The largest absolute Gasteiger partial charge is 0.350 e. The highest BCUT2D eigenvalue weighted by molar-refractivity contribution is 5.15. The van der Waals surface area contributed by atoms with Crippen LogP contribution in [0.1, 0.15) is 18.9 Å². The Kier molecular flexibility index (Phi) is 5.23. The summed E-state index contributed by atoms with van der Waals surface area (Å²) in [6, 6.07) is 10.4. The van der Waals surface area contributed by atoms with Gasteiger partial charge in [0.2, 0.25) is 0 Å². The lowest BCUT2D eigenvalue weighted by Gasteiger charge is -2.21. The molecule has 1 rings (SSSR count). The van der Waals surface area contributed by atoms with Crippen molar-refractivity contribution in [1.82, 2.24) is 0 Å². The van der Waals surface area contributed by atoms with Crippen LogP contribution in [0.5, 0.6) is 0 Å². The van der Waals surface area contributed by atoms with E-state index in [1.54, 1.807) is 14.2 Å². The average molecular weight is 220 g/mol. The first-order valence-electron chi connectivity index (χ1n) is 5.52. The first-order chi connectivity index (χ1) is 7.70. The molecule has 0 aliphatic carbocycles. The van der Waals surface area contributed by atoms with Crippen molar-refractivity contribution in [2.45, 2.75) is 25.6 Å². The highest BCUT2D eigenvalue weighted by atomic mass is 16.7. The summed E-state index contributed by atoms with van der Waals surface area (Å²) in [6.45, 7) is 1.89. The minimum atomic E-state index is -0.601. The SMILES string of the molecule is COC(C)(/C=C/CCc1ccccc1)OC. The zero-order valence-corrected chi connectivity index (χ0v) is 10.3. The molecule has 0 amide bonds. The van der Waals surface area contributed by atoms with E-state index in [1.165, 1.54) is 5.56 Å². The van der Waals surface area contributed by atoms with Crippen LogP contribution in [0.15, 0.2) is 42.5 Å². The first kappa shape index (κ1) is 12.9. The van der Waals surface area contributed by atoms with Crippen molar-refractivity contribution >= 4 is 0 Å². The second-order valence-corrected chi connectivity index (χ2v) is 3.85. The van der Waals surface area contributed by atoms with E-state index in [2.05, 4.69) is 30.3 Å². The van der Waals surface area contributed by atoms with Gasteiger partial charge in [-0.2, -0.15) is 0 Å². The van der Waals surface area contributed by atoms with Crippen molar-refractivity contribution in [2.24, 2.45) is 0 Å². The van der Waals surface area contributed by atoms with Gasteiger partial charge in [0.1, 0.15) is 0 Å². The predicted molar refractivity (Wildman–Crippen MR) is 66.3 cm³/mol. The van der Waals surface area contributed by atoms with Crippen LogP contribution in [0, 0.1) is 0 Å². The number of aryl methyl sites for hydroxylation is 1. The smallest absolute Gasteiger partial charge is 0.184 e. The Morgan fingerprint density at radius 3 is 2.31 bits per heavy atom. The second kappa shape index (κ2) is 6.46. The summed E-state index contributed by atoms with van der Waals surface area (Å²) in [5, 5.41) is 0. The molecule has 1 aromatic rings. The quantitative estimate of drug-likeness (QED) is 0.541. The molecule has 0 saturated heterocycles. The summed E-state index contributed by atoms with van der Waals surface area (Å²) in [4.78, 5) is 0. The Labute approximate surface area is 97.9 Å². The number of methoxy groups -OCH3 is 2. The summed E-state index contributed by atoms with van der Waals surface area (Å²) in [5.41, 5.74) is 1.35. The number of ether oxygens (including phenoxy) is 2. The summed E-state index contributed by atoms with van der Waals surface area (Å²) >= 11 is 0. The molecule has 0 spiro atoms. The maximum Gasteiger partial charge on any atom is 0.184 e. The van der Waals surface area contributed by atoms with Crippen LogP contribution in [-0.2, 0) is 15.9 Å². The topological polar surface area (TPSA) is 18.5 Å². The highest BCUT2D eigenvalue weighted by Gasteiger charge is 2.16. The molecule has 0 heterocycles. The molecule has 1 aromatic carbocycles. The van der Waals surface area contributed by atoms with E-state index in [0.717, 1.165) is 12.8 Å². The van der Waals surface area contributed by atoms with E-state index in [0.29, 0.717) is 0 Å². The Balaban J connectivity index is 2.38. The Morgan fingerprint density at radius 1 is 1.12 bits per heavy atom.